The highest BCUT2D eigenvalue weighted by Crippen LogP contribution is 2.32. The van der Waals surface area contributed by atoms with Gasteiger partial charge in [0.15, 0.2) is 0 Å². The summed E-state index contributed by atoms with van der Waals surface area (Å²) in [7, 11) is 0. The fourth-order valence-corrected chi connectivity index (χ4v) is 2.81. The van der Waals surface area contributed by atoms with Gasteiger partial charge in [0, 0.05) is 30.1 Å². The zero-order chi connectivity index (χ0) is 15.8. The van der Waals surface area contributed by atoms with E-state index in [1.165, 1.54) is 12.8 Å². The van der Waals surface area contributed by atoms with E-state index >= 15 is 0 Å². The van der Waals surface area contributed by atoms with Crippen LogP contribution < -0.4 is 5.32 Å². The lowest BCUT2D eigenvalue weighted by molar-refractivity contribution is -0.116. The summed E-state index contributed by atoms with van der Waals surface area (Å²) in [5, 5.41) is 2.96. The summed E-state index contributed by atoms with van der Waals surface area (Å²) in [6, 6.07) is 12.0. The molecule has 1 aliphatic carbocycles. The number of benzene rings is 1. The third kappa shape index (κ3) is 2.97. The van der Waals surface area contributed by atoms with E-state index < -0.39 is 0 Å². The summed E-state index contributed by atoms with van der Waals surface area (Å²) in [6.07, 6.45) is 7.07. The maximum Gasteiger partial charge on any atom is 0.224 e. The molecule has 1 fully saturated rings. The Balaban J connectivity index is 1.54. The highest BCUT2D eigenvalue weighted by Gasteiger charge is 2.24. The van der Waals surface area contributed by atoms with Crippen LogP contribution in [0.1, 0.15) is 24.8 Å². The molecule has 0 saturated heterocycles. The van der Waals surface area contributed by atoms with Gasteiger partial charge in [-0.15, -0.1) is 0 Å². The molecule has 1 aliphatic rings. The standard InChI is InChI=1S/C19H19N3O/c1-13-3-2-10-22-12-17(21-19(13)22)15-6-8-16(9-7-15)20-18(23)11-14-4-5-14/h2-3,6-10,12,14H,4-5,11H2,1H3,(H,20,23). The molecule has 2 aromatic heterocycles. The first-order chi connectivity index (χ1) is 11.2. The quantitative estimate of drug-likeness (QED) is 0.790. The number of aromatic nitrogens is 2. The molecule has 3 aromatic rings. The molecule has 1 aromatic carbocycles. The van der Waals surface area contributed by atoms with E-state index in [4.69, 9.17) is 4.98 Å². The van der Waals surface area contributed by atoms with Crippen LogP contribution >= 0.6 is 0 Å². The monoisotopic (exact) mass is 305 g/mol. The minimum Gasteiger partial charge on any atom is -0.326 e. The molecule has 0 unspecified atom stereocenters. The molecular weight excluding hydrogens is 286 g/mol. The number of aryl methyl sites for hydroxylation is 1. The number of imidazole rings is 1. The van der Waals surface area contributed by atoms with Crippen LogP contribution in [0.4, 0.5) is 5.69 Å². The number of amides is 1. The van der Waals surface area contributed by atoms with Crippen LogP contribution in [-0.4, -0.2) is 15.3 Å². The summed E-state index contributed by atoms with van der Waals surface area (Å²) in [5.41, 5.74) is 4.97. The molecule has 1 amide bonds. The Hall–Kier alpha value is -2.62. The Morgan fingerprint density at radius 3 is 2.74 bits per heavy atom. The zero-order valence-electron chi connectivity index (χ0n) is 13.1. The molecule has 4 nitrogen and oxygen atoms in total. The molecule has 0 spiro atoms. The van der Waals surface area contributed by atoms with Crippen LogP contribution in [0.15, 0.2) is 48.8 Å². The van der Waals surface area contributed by atoms with Crippen LogP contribution in [0.25, 0.3) is 16.9 Å². The molecule has 1 N–H and O–H groups in total. The van der Waals surface area contributed by atoms with Gasteiger partial charge in [-0.2, -0.15) is 0 Å². The van der Waals surface area contributed by atoms with Crippen LogP contribution in [0.5, 0.6) is 0 Å². The first kappa shape index (κ1) is 14.0. The molecular formula is C19H19N3O. The Morgan fingerprint density at radius 1 is 1.26 bits per heavy atom. The number of fused-ring (bicyclic) bond motifs is 1. The van der Waals surface area contributed by atoms with Crippen molar-refractivity contribution in [3.05, 3.63) is 54.4 Å². The Bertz CT molecular complexity index is 860. The van der Waals surface area contributed by atoms with E-state index in [0.29, 0.717) is 12.3 Å². The number of anilines is 1. The Labute approximate surface area is 135 Å². The summed E-state index contributed by atoms with van der Waals surface area (Å²) >= 11 is 0. The average Bonchev–Trinajstić information content (AvgIpc) is 3.23. The minimum atomic E-state index is 0.114. The number of carbonyl (C=O) groups excluding carboxylic acids is 1. The number of hydrogen-bond donors (Lipinski definition) is 1. The first-order valence-corrected chi connectivity index (χ1v) is 8.04. The second-order valence-electron chi connectivity index (χ2n) is 6.32. The summed E-state index contributed by atoms with van der Waals surface area (Å²) in [6.45, 7) is 2.06. The predicted molar refractivity (Wildman–Crippen MR) is 91.3 cm³/mol. The van der Waals surface area contributed by atoms with Crippen molar-refractivity contribution in [2.24, 2.45) is 5.92 Å². The largest absolute Gasteiger partial charge is 0.326 e. The predicted octanol–water partition coefficient (Wildman–Crippen LogP) is 4.05. The molecule has 0 atom stereocenters. The van der Waals surface area contributed by atoms with E-state index in [1.807, 2.05) is 47.1 Å². The third-order valence-electron chi connectivity index (χ3n) is 4.31. The Kier molecular flexibility index (Phi) is 3.37. The number of carbonyl (C=O) groups is 1. The molecule has 116 valence electrons. The maximum absolute atomic E-state index is 11.8. The topological polar surface area (TPSA) is 46.4 Å². The van der Waals surface area contributed by atoms with E-state index in [0.717, 1.165) is 28.2 Å². The van der Waals surface area contributed by atoms with Crippen molar-refractivity contribution in [2.75, 3.05) is 5.32 Å². The van der Waals surface area contributed by atoms with Crippen LogP contribution in [0.3, 0.4) is 0 Å². The lowest BCUT2D eigenvalue weighted by Crippen LogP contribution is -2.11. The van der Waals surface area contributed by atoms with Crippen LogP contribution in [0, 0.1) is 12.8 Å². The number of rotatable bonds is 4. The average molecular weight is 305 g/mol. The number of nitrogens with zero attached hydrogens (tertiary/aromatic N) is 2. The van der Waals surface area contributed by atoms with Crippen LogP contribution in [0.2, 0.25) is 0 Å². The Morgan fingerprint density at radius 2 is 2.04 bits per heavy atom. The highest BCUT2D eigenvalue weighted by atomic mass is 16.1. The fourth-order valence-electron chi connectivity index (χ4n) is 2.81. The SMILES string of the molecule is Cc1cccn2cc(-c3ccc(NC(=O)CC4CC4)cc3)nc12. The normalized spacial score (nSPS) is 14.1. The molecule has 4 heteroatoms. The smallest absolute Gasteiger partial charge is 0.224 e. The molecule has 23 heavy (non-hydrogen) atoms. The summed E-state index contributed by atoms with van der Waals surface area (Å²) in [4.78, 5) is 16.5. The maximum atomic E-state index is 11.8. The number of nitrogens with one attached hydrogen (secondary N) is 1. The van der Waals surface area contributed by atoms with Crippen molar-refractivity contribution >= 4 is 17.2 Å². The van der Waals surface area contributed by atoms with Gasteiger partial charge >= 0.3 is 0 Å². The van der Waals surface area contributed by atoms with E-state index in [-0.39, 0.29) is 5.91 Å². The van der Waals surface area contributed by atoms with Gasteiger partial charge in [-0.25, -0.2) is 4.98 Å². The van der Waals surface area contributed by atoms with Gasteiger partial charge in [0.25, 0.3) is 0 Å². The molecule has 4 rings (SSSR count). The van der Waals surface area contributed by atoms with Crippen molar-refractivity contribution < 1.29 is 4.79 Å². The van der Waals surface area contributed by atoms with E-state index in [1.54, 1.807) is 0 Å². The van der Waals surface area contributed by atoms with Gasteiger partial charge in [0.05, 0.1) is 5.69 Å². The lowest BCUT2D eigenvalue weighted by atomic mass is 10.1. The minimum absolute atomic E-state index is 0.114. The molecule has 2 heterocycles. The van der Waals surface area contributed by atoms with Gasteiger partial charge in [0.2, 0.25) is 5.91 Å². The molecule has 0 radical (unpaired) electrons. The van der Waals surface area contributed by atoms with Crippen LogP contribution in [-0.2, 0) is 4.79 Å². The first-order valence-electron chi connectivity index (χ1n) is 8.04. The molecule has 0 bridgehead atoms. The highest BCUT2D eigenvalue weighted by molar-refractivity contribution is 5.91. The summed E-state index contributed by atoms with van der Waals surface area (Å²) in [5.74, 6) is 0.721. The molecule has 0 aliphatic heterocycles. The van der Waals surface area contributed by atoms with E-state index in [9.17, 15) is 4.79 Å². The second kappa shape index (κ2) is 5.54. The fraction of sp³-hybridized carbons (Fsp3) is 0.263. The van der Waals surface area contributed by atoms with Crippen molar-refractivity contribution in [3.63, 3.8) is 0 Å². The van der Waals surface area contributed by atoms with Crippen molar-refractivity contribution in [2.45, 2.75) is 26.2 Å². The summed E-state index contributed by atoms with van der Waals surface area (Å²) < 4.78 is 2.04. The van der Waals surface area contributed by atoms with Gasteiger partial charge in [-0.1, -0.05) is 18.2 Å². The van der Waals surface area contributed by atoms with Crippen molar-refractivity contribution in [1.29, 1.82) is 0 Å². The lowest BCUT2D eigenvalue weighted by Gasteiger charge is -2.05. The number of hydrogen-bond acceptors (Lipinski definition) is 2. The van der Waals surface area contributed by atoms with Gasteiger partial charge in [0.1, 0.15) is 5.65 Å². The van der Waals surface area contributed by atoms with Crippen molar-refractivity contribution in [1.82, 2.24) is 9.38 Å². The van der Waals surface area contributed by atoms with E-state index in [2.05, 4.69) is 18.3 Å². The third-order valence-corrected chi connectivity index (χ3v) is 4.31. The molecule has 1 saturated carbocycles. The number of pyridine rings is 1. The van der Waals surface area contributed by atoms with Crippen molar-refractivity contribution in [3.8, 4) is 11.3 Å². The van der Waals surface area contributed by atoms with Gasteiger partial charge in [-0.3, -0.25) is 4.79 Å². The second-order valence-corrected chi connectivity index (χ2v) is 6.32. The van der Waals surface area contributed by atoms with Gasteiger partial charge in [-0.05, 0) is 49.4 Å². The zero-order valence-corrected chi connectivity index (χ0v) is 13.1. The van der Waals surface area contributed by atoms with Gasteiger partial charge < -0.3 is 9.72 Å².